The third-order valence-corrected chi connectivity index (χ3v) is 12.5. The molecule has 0 saturated heterocycles. The van der Waals surface area contributed by atoms with Gasteiger partial charge in [-0.1, -0.05) is 25.1 Å². The van der Waals surface area contributed by atoms with Gasteiger partial charge in [0.25, 0.3) is 0 Å². The van der Waals surface area contributed by atoms with Crippen LogP contribution >= 0.6 is 0 Å². The molecule has 45 heavy (non-hydrogen) atoms. The predicted octanol–water partition coefficient (Wildman–Crippen LogP) is 7.94. The van der Waals surface area contributed by atoms with Crippen LogP contribution in [0.2, 0.25) is 0 Å². The molecule has 3 aliphatic rings. The Bertz CT molecular complexity index is 1430. The third-order valence-electron chi connectivity index (χ3n) is 10.7. The summed E-state index contributed by atoms with van der Waals surface area (Å²) in [4.78, 5) is 0. The lowest BCUT2D eigenvalue weighted by molar-refractivity contribution is -0.284. The number of aryl methyl sites for hydroxylation is 1. The minimum Gasteiger partial charge on any atom is -0.508 e. The van der Waals surface area contributed by atoms with Crippen molar-refractivity contribution in [1.29, 1.82) is 0 Å². The highest BCUT2D eigenvalue weighted by Gasteiger charge is 2.58. The van der Waals surface area contributed by atoms with Gasteiger partial charge >= 0.3 is 12.1 Å². The molecule has 0 unspecified atom stereocenters. The Morgan fingerprint density at radius 2 is 1.64 bits per heavy atom. The lowest BCUT2D eigenvalue weighted by Crippen LogP contribution is -2.47. The lowest BCUT2D eigenvalue weighted by Gasteiger charge is -2.54. The van der Waals surface area contributed by atoms with Crippen molar-refractivity contribution in [3.63, 3.8) is 0 Å². The number of aliphatic hydroxyl groups is 1. The van der Waals surface area contributed by atoms with Crippen LogP contribution in [0.15, 0.2) is 42.5 Å². The molecule has 11 heteroatoms. The molecule has 0 aromatic heterocycles. The molecule has 6 atom stereocenters. The molecule has 2 fully saturated rings. The SMILES string of the molecule is C[C@]12C[C@H](c3ccc(OCCCCCS(=O)(=O)CCCC(F)(F)C(F)(F)F)cc3)[C@@H]3c4ccc(O)cc4CC[C@H]3[C@@H]1CC[C@@H]2O. The van der Waals surface area contributed by atoms with Crippen molar-refractivity contribution in [3.8, 4) is 11.5 Å². The van der Waals surface area contributed by atoms with Crippen LogP contribution < -0.4 is 4.74 Å². The van der Waals surface area contributed by atoms with Crippen molar-refractivity contribution in [2.45, 2.75) is 101 Å². The van der Waals surface area contributed by atoms with E-state index in [4.69, 9.17) is 4.74 Å². The van der Waals surface area contributed by atoms with E-state index in [1.165, 1.54) is 16.7 Å². The van der Waals surface area contributed by atoms with Crippen molar-refractivity contribution in [1.82, 2.24) is 0 Å². The van der Waals surface area contributed by atoms with Gasteiger partial charge in [0.15, 0.2) is 0 Å². The summed E-state index contributed by atoms with van der Waals surface area (Å²) in [5.41, 5.74) is 3.56. The highest BCUT2D eigenvalue weighted by Crippen LogP contribution is 2.65. The second-order valence-electron chi connectivity index (χ2n) is 13.6. The molecule has 2 aromatic carbocycles. The van der Waals surface area contributed by atoms with Crippen LogP contribution in [0.25, 0.3) is 0 Å². The van der Waals surface area contributed by atoms with Gasteiger partial charge in [-0.25, -0.2) is 8.42 Å². The molecule has 0 bridgehead atoms. The minimum atomic E-state index is -5.68. The number of hydrogen-bond donors (Lipinski definition) is 2. The van der Waals surface area contributed by atoms with Crippen LogP contribution in [0.3, 0.4) is 0 Å². The Morgan fingerprint density at radius 1 is 0.933 bits per heavy atom. The van der Waals surface area contributed by atoms with E-state index in [1.54, 1.807) is 6.07 Å². The predicted molar refractivity (Wildman–Crippen MR) is 162 cm³/mol. The Balaban J connectivity index is 1.14. The van der Waals surface area contributed by atoms with Gasteiger partial charge in [0, 0.05) is 6.42 Å². The normalized spacial score (nSPS) is 28.3. The number of phenolic OH excluding ortho intramolecular Hbond substituents is 1. The van der Waals surface area contributed by atoms with Gasteiger partial charge in [-0.3, -0.25) is 0 Å². The molecule has 2 aromatic rings. The number of ether oxygens (including phenoxy) is 1. The van der Waals surface area contributed by atoms with Gasteiger partial charge in [-0.15, -0.1) is 0 Å². The summed E-state index contributed by atoms with van der Waals surface area (Å²) >= 11 is 0. The first kappa shape index (κ1) is 33.9. The van der Waals surface area contributed by atoms with Gasteiger partial charge in [0.05, 0.1) is 24.2 Å². The summed E-state index contributed by atoms with van der Waals surface area (Å²) in [5.74, 6) is -3.43. The number of benzene rings is 2. The van der Waals surface area contributed by atoms with Crippen LogP contribution in [0.5, 0.6) is 11.5 Å². The summed E-state index contributed by atoms with van der Waals surface area (Å²) in [6.45, 7) is 2.61. The number of sulfone groups is 1. The van der Waals surface area contributed by atoms with E-state index in [1.807, 2.05) is 18.2 Å². The molecule has 0 heterocycles. The van der Waals surface area contributed by atoms with Crippen LogP contribution in [0.1, 0.15) is 93.2 Å². The summed E-state index contributed by atoms with van der Waals surface area (Å²) in [6.07, 6.45) is -2.19. The molecular formula is C34H43F5O5S. The number of phenols is 1. The smallest absolute Gasteiger partial charge is 0.453 e. The number of alkyl halides is 5. The zero-order chi connectivity index (χ0) is 32.6. The van der Waals surface area contributed by atoms with E-state index in [0.717, 1.165) is 32.1 Å². The molecule has 2 N–H and O–H groups in total. The molecule has 2 saturated carbocycles. The highest BCUT2D eigenvalue weighted by molar-refractivity contribution is 7.91. The molecule has 3 aliphatic carbocycles. The van der Waals surface area contributed by atoms with Crippen molar-refractivity contribution in [2.24, 2.45) is 17.3 Å². The van der Waals surface area contributed by atoms with Gasteiger partial charge < -0.3 is 14.9 Å². The fourth-order valence-corrected chi connectivity index (χ4v) is 9.79. The number of halogens is 5. The fourth-order valence-electron chi connectivity index (χ4n) is 8.35. The zero-order valence-electron chi connectivity index (χ0n) is 25.5. The van der Waals surface area contributed by atoms with Crippen LogP contribution in [-0.4, -0.2) is 54.9 Å². The maximum absolute atomic E-state index is 13.0. The molecular weight excluding hydrogens is 615 g/mol. The first-order valence-corrected chi connectivity index (χ1v) is 17.8. The summed E-state index contributed by atoms with van der Waals surface area (Å²) in [6, 6.07) is 13.8. The van der Waals surface area contributed by atoms with Gasteiger partial charge in [-0.05, 0) is 128 Å². The lowest BCUT2D eigenvalue weighted by atomic mass is 9.51. The maximum Gasteiger partial charge on any atom is 0.453 e. The minimum absolute atomic E-state index is 0.142. The van der Waals surface area contributed by atoms with E-state index < -0.39 is 40.5 Å². The Labute approximate surface area is 262 Å². The monoisotopic (exact) mass is 658 g/mol. The number of hydrogen-bond acceptors (Lipinski definition) is 5. The molecule has 0 radical (unpaired) electrons. The fraction of sp³-hybridized carbons (Fsp3) is 0.647. The van der Waals surface area contributed by atoms with E-state index in [-0.39, 0.29) is 35.4 Å². The second kappa shape index (κ2) is 13.0. The summed E-state index contributed by atoms with van der Waals surface area (Å²) in [7, 11) is -3.72. The van der Waals surface area contributed by atoms with Crippen LogP contribution in [0.4, 0.5) is 22.0 Å². The van der Waals surface area contributed by atoms with Crippen molar-refractivity contribution in [3.05, 3.63) is 59.2 Å². The van der Waals surface area contributed by atoms with Crippen molar-refractivity contribution >= 4 is 9.84 Å². The Kier molecular flexibility index (Phi) is 9.81. The summed E-state index contributed by atoms with van der Waals surface area (Å²) < 4.78 is 92.8. The summed E-state index contributed by atoms with van der Waals surface area (Å²) in [5, 5.41) is 21.2. The van der Waals surface area contributed by atoms with Crippen LogP contribution in [-0.2, 0) is 16.3 Å². The topological polar surface area (TPSA) is 83.8 Å². The third kappa shape index (κ3) is 7.29. The molecule has 0 aliphatic heterocycles. The van der Waals surface area contributed by atoms with E-state index in [2.05, 4.69) is 25.1 Å². The molecule has 5 nitrogen and oxygen atoms in total. The number of fused-ring (bicyclic) bond motifs is 5. The number of rotatable bonds is 12. The van der Waals surface area contributed by atoms with E-state index in [9.17, 15) is 40.6 Å². The van der Waals surface area contributed by atoms with Gasteiger partial charge in [-0.2, -0.15) is 22.0 Å². The highest BCUT2D eigenvalue weighted by atomic mass is 32.2. The van der Waals surface area contributed by atoms with Gasteiger partial charge in [0.1, 0.15) is 21.3 Å². The largest absolute Gasteiger partial charge is 0.508 e. The zero-order valence-corrected chi connectivity index (χ0v) is 26.4. The average molecular weight is 659 g/mol. The van der Waals surface area contributed by atoms with Crippen molar-refractivity contribution in [2.75, 3.05) is 18.1 Å². The first-order chi connectivity index (χ1) is 21.1. The molecule has 0 spiro atoms. The maximum atomic E-state index is 13.0. The molecule has 250 valence electrons. The number of aliphatic hydroxyl groups excluding tert-OH is 1. The number of unbranched alkanes of at least 4 members (excludes halogenated alkanes) is 2. The average Bonchev–Trinajstić information content (AvgIpc) is 3.27. The number of aromatic hydroxyl groups is 1. The molecule has 0 amide bonds. The first-order valence-electron chi connectivity index (χ1n) is 16.0. The second-order valence-corrected chi connectivity index (χ2v) is 15.9. The molecule has 5 rings (SSSR count). The van der Waals surface area contributed by atoms with Crippen LogP contribution in [0, 0.1) is 17.3 Å². The quantitative estimate of drug-likeness (QED) is 0.179. The van der Waals surface area contributed by atoms with Crippen molar-refractivity contribution < 1.29 is 45.3 Å². The van der Waals surface area contributed by atoms with E-state index in [0.29, 0.717) is 43.0 Å². The Morgan fingerprint density at radius 3 is 2.36 bits per heavy atom. The van der Waals surface area contributed by atoms with Gasteiger partial charge in [0.2, 0.25) is 0 Å². The van der Waals surface area contributed by atoms with E-state index >= 15 is 0 Å². The standard InChI is InChI=1S/C34H43F5O5S/c1-32-21-28(31-26-13-9-24(40)20-23(26)8-12-27(31)29(32)14-15-30(32)41)22-6-10-25(11-7-22)44-17-3-2-4-18-45(42,43)19-5-16-33(35,36)34(37,38)39/h6-7,9-11,13,20,27-31,40-41H,2-5,8,12,14-19,21H2,1H3/t27-,28+,29-,30-,31+,32-/m0/s1. The Hall–Kier alpha value is -2.40.